The van der Waals surface area contributed by atoms with Crippen molar-refractivity contribution in [2.45, 2.75) is 51.4 Å². The van der Waals surface area contributed by atoms with Gasteiger partial charge in [0.1, 0.15) is 0 Å². The highest BCUT2D eigenvalue weighted by atomic mass is 35.5. The number of ether oxygens (including phenoxy) is 1. The van der Waals surface area contributed by atoms with Crippen LogP contribution in [-0.2, 0) is 9.53 Å². The Morgan fingerprint density at radius 3 is 2.26 bits per heavy atom. The van der Waals surface area contributed by atoms with Gasteiger partial charge in [0.25, 0.3) is 0 Å². The second-order valence-electron chi connectivity index (χ2n) is 6.44. The summed E-state index contributed by atoms with van der Waals surface area (Å²) in [5.74, 6) is 1.52. The highest BCUT2D eigenvalue weighted by Gasteiger charge is 2.50. The predicted octanol–water partition coefficient (Wildman–Crippen LogP) is 1.42. The molecule has 6 atom stereocenters. The van der Waals surface area contributed by atoms with E-state index >= 15 is 0 Å². The standard InChI is InChI=1S/C14H24N2O2.ClH/c1-8-6-16(7-9(2)18-8)14(17)12-10-3-4-11(5-10)13(12)15;/h8-13H,3-7,15H2,1-2H3;1H. The third-order valence-electron chi connectivity index (χ3n) is 5.00. The summed E-state index contributed by atoms with van der Waals surface area (Å²) in [5, 5.41) is 0. The Morgan fingerprint density at radius 1 is 1.16 bits per heavy atom. The summed E-state index contributed by atoms with van der Waals surface area (Å²) in [6.07, 6.45) is 3.89. The van der Waals surface area contributed by atoms with Crippen LogP contribution in [0.2, 0.25) is 0 Å². The van der Waals surface area contributed by atoms with Crippen LogP contribution >= 0.6 is 12.4 Å². The summed E-state index contributed by atoms with van der Waals surface area (Å²) < 4.78 is 5.69. The van der Waals surface area contributed by atoms with Crippen LogP contribution in [0.5, 0.6) is 0 Å². The lowest BCUT2D eigenvalue weighted by Gasteiger charge is -2.39. The van der Waals surface area contributed by atoms with Gasteiger partial charge in [-0.15, -0.1) is 12.4 Å². The smallest absolute Gasteiger partial charge is 0.227 e. The summed E-state index contributed by atoms with van der Waals surface area (Å²) >= 11 is 0. The average molecular weight is 289 g/mol. The molecule has 3 aliphatic rings. The van der Waals surface area contributed by atoms with Crippen molar-refractivity contribution in [3.63, 3.8) is 0 Å². The summed E-state index contributed by atoms with van der Waals surface area (Å²) in [5.41, 5.74) is 6.26. The molecule has 3 rings (SSSR count). The zero-order valence-corrected chi connectivity index (χ0v) is 12.6. The highest BCUT2D eigenvalue weighted by Crippen LogP contribution is 2.48. The zero-order valence-electron chi connectivity index (χ0n) is 11.7. The molecule has 1 aliphatic heterocycles. The van der Waals surface area contributed by atoms with E-state index in [0.29, 0.717) is 11.8 Å². The third kappa shape index (κ3) is 2.63. The molecule has 110 valence electrons. The fourth-order valence-electron chi connectivity index (χ4n) is 4.27. The molecule has 4 nitrogen and oxygen atoms in total. The molecule has 2 N–H and O–H groups in total. The molecule has 0 aromatic carbocycles. The molecule has 0 aromatic rings. The Morgan fingerprint density at radius 2 is 1.74 bits per heavy atom. The van der Waals surface area contributed by atoms with Crippen LogP contribution in [0.3, 0.4) is 0 Å². The van der Waals surface area contributed by atoms with Crippen molar-refractivity contribution in [2.75, 3.05) is 13.1 Å². The van der Waals surface area contributed by atoms with Crippen LogP contribution in [0.1, 0.15) is 33.1 Å². The Labute approximate surface area is 121 Å². The molecule has 2 bridgehead atoms. The molecule has 1 saturated heterocycles. The van der Waals surface area contributed by atoms with E-state index < -0.39 is 0 Å². The maximum absolute atomic E-state index is 12.7. The Kier molecular flexibility index (Phi) is 4.43. The zero-order chi connectivity index (χ0) is 12.9. The number of hydrogen-bond donors (Lipinski definition) is 1. The lowest BCUT2D eigenvalue weighted by Crippen LogP contribution is -2.53. The van der Waals surface area contributed by atoms with Crippen molar-refractivity contribution in [1.82, 2.24) is 4.90 Å². The molecule has 2 saturated carbocycles. The van der Waals surface area contributed by atoms with E-state index in [1.165, 1.54) is 19.3 Å². The highest BCUT2D eigenvalue weighted by molar-refractivity contribution is 5.85. The third-order valence-corrected chi connectivity index (χ3v) is 5.00. The molecule has 3 fully saturated rings. The van der Waals surface area contributed by atoms with Crippen molar-refractivity contribution in [2.24, 2.45) is 23.5 Å². The van der Waals surface area contributed by atoms with Crippen LogP contribution in [0.25, 0.3) is 0 Å². The van der Waals surface area contributed by atoms with Gasteiger partial charge in [0.05, 0.1) is 18.1 Å². The fraction of sp³-hybridized carbons (Fsp3) is 0.929. The number of rotatable bonds is 1. The van der Waals surface area contributed by atoms with Crippen molar-refractivity contribution >= 4 is 18.3 Å². The van der Waals surface area contributed by atoms with Crippen molar-refractivity contribution in [3.05, 3.63) is 0 Å². The van der Waals surface area contributed by atoms with Crippen LogP contribution in [0.4, 0.5) is 0 Å². The van der Waals surface area contributed by atoms with Crippen LogP contribution in [0, 0.1) is 17.8 Å². The number of hydrogen-bond acceptors (Lipinski definition) is 3. The number of nitrogens with two attached hydrogens (primary N) is 1. The Balaban J connectivity index is 0.00000133. The van der Waals surface area contributed by atoms with E-state index in [1.54, 1.807) is 0 Å². The van der Waals surface area contributed by atoms with E-state index in [1.807, 2.05) is 18.7 Å². The van der Waals surface area contributed by atoms with Crippen LogP contribution < -0.4 is 5.73 Å². The average Bonchev–Trinajstić information content (AvgIpc) is 2.87. The quantitative estimate of drug-likeness (QED) is 0.794. The molecule has 1 heterocycles. The van der Waals surface area contributed by atoms with Gasteiger partial charge in [0.2, 0.25) is 5.91 Å². The molecule has 2 aliphatic carbocycles. The van der Waals surface area contributed by atoms with Crippen LogP contribution in [-0.4, -0.2) is 42.1 Å². The van der Waals surface area contributed by atoms with Gasteiger partial charge in [-0.1, -0.05) is 0 Å². The van der Waals surface area contributed by atoms with Gasteiger partial charge >= 0.3 is 0 Å². The minimum Gasteiger partial charge on any atom is -0.372 e. The molecule has 0 spiro atoms. The second kappa shape index (κ2) is 5.58. The van der Waals surface area contributed by atoms with Crippen molar-refractivity contribution in [3.8, 4) is 0 Å². The molecule has 6 unspecified atom stereocenters. The molecule has 0 aromatic heterocycles. The van der Waals surface area contributed by atoms with E-state index in [0.717, 1.165) is 13.1 Å². The number of morpholine rings is 1. The predicted molar refractivity (Wildman–Crippen MR) is 76.1 cm³/mol. The Hall–Kier alpha value is -0.320. The van der Waals surface area contributed by atoms with E-state index in [2.05, 4.69) is 0 Å². The minimum absolute atomic E-state index is 0. The van der Waals surface area contributed by atoms with Gasteiger partial charge in [-0.05, 0) is 44.9 Å². The maximum atomic E-state index is 12.7. The maximum Gasteiger partial charge on any atom is 0.227 e. The first-order valence-electron chi connectivity index (χ1n) is 7.26. The topological polar surface area (TPSA) is 55.6 Å². The monoisotopic (exact) mass is 288 g/mol. The fourth-order valence-corrected chi connectivity index (χ4v) is 4.27. The molecule has 19 heavy (non-hydrogen) atoms. The van der Waals surface area contributed by atoms with Gasteiger partial charge in [0.15, 0.2) is 0 Å². The molecule has 1 amide bonds. The number of halogens is 1. The van der Waals surface area contributed by atoms with Gasteiger partial charge in [0, 0.05) is 19.1 Å². The normalized spacial score (nSPS) is 45.1. The summed E-state index contributed by atoms with van der Waals surface area (Å²) in [4.78, 5) is 14.7. The van der Waals surface area contributed by atoms with Crippen molar-refractivity contribution in [1.29, 1.82) is 0 Å². The first-order chi connectivity index (χ1) is 8.56. The number of carbonyl (C=O) groups is 1. The molecule has 5 heteroatoms. The number of carbonyl (C=O) groups excluding carboxylic acids is 1. The SMILES string of the molecule is CC1CN(C(=O)C2C3CCC(C3)C2N)CC(C)O1.Cl. The number of amides is 1. The molecule has 0 radical (unpaired) electrons. The molecular formula is C14H25ClN2O2. The number of fused-ring (bicyclic) bond motifs is 2. The lowest BCUT2D eigenvalue weighted by atomic mass is 9.84. The second-order valence-corrected chi connectivity index (χ2v) is 6.44. The number of nitrogens with zero attached hydrogens (tertiary/aromatic N) is 1. The molecular weight excluding hydrogens is 264 g/mol. The van der Waals surface area contributed by atoms with Gasteiger partial charge in [-0.25, -0.2) is 0 Å². The largest absolute Gasteiger partial charge is 0.372 e. The van der Waals surface area contributed by atoms with E-state index in [9.17, 15) is 4.79 Å². The lowest BCUT2D eigenvalue weighted by molar-refractivity contribution is -0.149. The van der Waals surface area contributed by atoms with E-state index in [4.69, 9.17) is 10.5 Å². The van der Waals surface area contributed by atoms with Crippen molar-refractivity contribution < 1.29 is 9.53 Å². The summed E-state index contributed by atoms with van der Waals surface area (Å²) in [6.45, 7) is 5.53. The summed E-state index contributed by atoms with van der Waals surface area (Å²) in [6, 6.07) is 0.102. The van der Waals surface area contributed by atoms with Gasteiger partial charge < -0.3 is 15.4 Å². The van der Waals surface area contributed by atoms with E-state index in [-0.39, 0.29) is 42.5 Å². The summed E-state index contributed by atoms with van der Waals surface area (Å²) in [7, 11) is 0. The van der Waals surface area contributed by atoms with Crippen LogP contribution in [0.15, 0.2) is 0 Å². The first kappa shape index (κ1) is 15.1. The Bertz CT molecular complexity index is 340. The van der Waals surface area contributed by atoms with Gasteiger partial charge in [-0.3, -0.25) is 4.79 Å². The minimum atomic E-state index is 0. The van der Waals surface area contributed by atoms with Gasteiger partial charge in [-0.2, -0.15) is 0 Å². The first-order valence-corrected chi connectivity index (χ1v) is 7.26.